The molecule has 4 atom stereocenters. The van der Waals surface area contributed by atoms with Gasteiger partial charge in [-0.05, 0) is 61.9 Å². The molecular formula is C19H32O3S. The predicted octanol–water partition coefficient (Wildman–Crippen LogP) is 4.90. The number of hydrogen-bond donors (Lipinski definition) is 1. The van der Waals surface area contributed by atoms with Crippen LogP contribution in [-0.4, -0.2) is 34.8 Å². The molecule has 0 unspecified atom stereocenters. The van der Waals surface area contributed by atoms with Gasteiger partial charge in [-0.15, -0.1) is 0 Å². The molecule has 2 aliphatic heterocycles. The molecule has 3 nitrogen and oxygen atoms in total. The van der Waals surface area contributed by atoms with Gasteiger partial charge in [0.2, 0.25) is 0 Å². The molecule has 2 bridgehead atoms. The number of aliphatic carboxylic acids is 1. The van der Waals surface area contributed by atoms with Crippen molar-refractivity contribution in [1.29, 1.82) is 0 Å². The third-order valence-electron chi connectivity index (χ3n) is 5.13. The number of rotatable bonds is 12. The summed E-state index contributed by atoms with van der Waals surface area (Å²) in [5.41, 5.74) is 0. The van der Waals surface area contributed by atoms with E-state index in [4.69, 9.17) is 9.84 Å². The summed E-state index contributed by atoms with van der Waals surface area (Å²) in [5, 5.41) is 8.64. The lowest BCUT2D eigenvalue weighted by molar-refractivity contribution is -0.137. The second-order valence-corrected chi connectivity index (χ2v) is 8.04. The Labute approximate surface area is 145 Å². The summed E-state index contributed by atoms with van der Waals surface area (Å²) in [6, 6.07) is 0. The highest BCUT2D eigenvalue weighted by Gasteiger charge is 2.47. The Morgan fingerprint density at radius 2 is 1.96 bits per heavy atom. The molecule has 0 aromatic carbocycles. The predicted molar refractivity (Wildman–Crippen MR) is 97.0 cm³/mol. The van der Waals surface area contributed by atoms with Crippen LogP contribution < -0.4 is 0 Å². The van der Waals surface area contributed by atoms with Gasteiger partial charge < -0.3 is 9.84 Å². The zero-order valence-electron chi connectivity index (χ0n) is 14.4. The van der Waals surface area contributed by atoms with Gasteiger partial charge in [-0.3, -0.25) is 4.79 Å². The Kier molecular flexibility index (Phi) is 8.52. The third kappa shape index (κ3) is 6.15. The quantitative estimate of drug-likeness (QED) is 0.405. The van der Waals surface area contributed by atoms with Gasteiger partial charge in [0.1, 0.15) is 0 Å². The Hall–Kier alpha value is -0.480. The molecule has 0 aromatic heterocycles. The molecule has 2 saturated heterocycles. The van der Waals surface area contributed by atoms with Crippen LogP contribution in [-0.2, 0) is 9.53 Å². The SMILES string of the molecule is CCCCCSC[C@@H]1[C@@H](CC=CCCCC(=O)O)[C@H]2CC[C@@H]1O2. The minimum atomic E-state index is -0.694. The summed E-state index contributed by atoms with van der Waals surface area (Å²) in [7, 11) is 0. The van der Waals surface area contributed by atoms with Gasteiger partial charge in [-0.1, -0.05) is 31.9 Å². The van der Waals surface area contributed by atoms with Crippen molar-refractivity contribution in [3.05, 3.63) is 12.2 Å². The summed E-state index contributed by atoms with van der Waals surface area (Å²) in [6.07, 6.45) is 14.9. The molecule has 2 rings (SSSR count). The number of ether oxygens (including phenoxy) is 1. The fourth-order valence-electron chi connectivity index (χ4n) is 3.84. The molecule has 0 aliphatic carbocycles. The molecule has 0 spiro atoms. The number of thioether (sulfide) groups is 1. The Morgan fingerprint density at radius 1 is 1.17 bits per heavy atom. The lowest BCUT2D eigenvalue weighted by Crippen LogP contribution is -2.28. The second kappa shape index (κ2) is 10.4. The molecular weight excluding hydrogens is 308 g/mol. The molecule has 132 valence electrons. The van der Waals surface area contributed by atoms with E-state index >= 15 is 0 Å². The monoisotopic (exact) mass is 340 g/mol. The summed E-state index contributed by atoms with van der Waals surface area (Å²) >= 11 is 2.12. The molecule has 2 heterocycles. The average Bonchev–Trinajstić information content (AvgIpc) is 3.12. The van der Waals surface area contributed by atoms with E-state index < -0.39 is 5.97 Å². The Morgan fingerprint density at radius 3 is 2.70 bits per heavy atom. The maximum Gasteiger partial charge on any atom is 0.303 e. The van der Waals surface area contributed by atoms with E-state index in [-0.39, 0.29) is 6.42 Å². The fourth-order valence-corrected chi connectivity index (χ4v) is 5.15. The Balaban J connectivity index is 1.68. The number of allylic oxidation sites excluding steroid dienone is 2. The van der Waals surface area contributed by atoms with E-state index in [2.05, 4.69) is 30.8 Å². The summed E-state index contributed by atoms with van der Waals surface area (Å²) in [6.45, 7) is 2.26. The fraction of sp³-hybridized carbons (Fsp3) is 0.842. The normalized spacial score (nSPS) is 29.6. The molecule has 2 aliphatic rings. The summed E-state index contributed by atoms with van der Waals surface area (Å²) in [4.78, 5) is 10.5. The van der Waals surface area contributed by atoms with Crippen molar-refractivity contribution >= 4 is 17.7 Å². The van der Waals surface area contributed by atoms with E-state index in [9.17, 15) is 4.79 Å². The maximum absolute atomic E-state index is 10.5. The van der Waals surface area contributed by atoms with Crippen LogP contribution in [0.15, 0.2) is 12.2 Å². The lowest BCUT2D eigenvalue weighted by atomic mass is 9.78. The first-order valence-corrected chi connectivity index (χ1v) is 10.5. The largest absolute Gasteiger partial charge is 0.481 e. The van der Waals surface area contributed by atoms with Crippen molar-refractivity contribution in [2.24, 2.45) is 11.8 Å². The van der Waals surface area contributed by atoms with Crippen LogP contribution in [0, 0.1) is 11.8 Å². The van der Waals surface area contributed by atoms with Crippen molar-refractivity contribution in [3.8, 4) is 0 Å². The van der Waals surface area contributed by atoms with Crippen LogP contribution in [0.5, 0.6) is 0 Å². The molecule has 23 heavy (non-hydrogen) atoms. The lowest BCUT2D eigenvalue weighted by Gasteiger charge is -2.27. The maximum atomic E-state index is 10.5. The number of fused-ring (bicyclic) bond motifs is 2. The molecule has 0 saturated carbocycles. The van der Waals surface area contributed by atoms with Gasteiger partial charge in [0, 0.05) is 6.42 Å². The minimum Gasteiger partial charge on any atom is -0.481 e. The van der Waals surface area contributed by atoms with Crippen molar-refractivity contribution in [2.45, 2.75) is 76.9 Å². The molecule has 0 radical (unpaired) electrons. The van der Waals surface area contributed by atoms with Crippen LogP contribution in [0.1, 0.15) is 64.7 Å². The average molecular weight is 341 g/mol. The van der Waals surface area contributed by atoms with E-state index in [1.54, 1.807) is 0 Å². The van der Waals surface area contributed by atoms with Crippen molar-refractivity contribution < 1.29 is 14.6 Å². The van der Waals surface area contributed by atoms with Gasteiger partial charge in [0.05, 0.1) is 12.2 Å². The van der Waals surface area contributed by atoms with E-state index in [0.29, 0.717) is 18.1 Å². The number of carboxylic acid groups (broad SMARTS) is 1. The van der Waals surface area contributed by atoms with Crippen LogP contribution in [0.3, 0.4) is 0 Å². The minimum absolute atomic E-state index is 0.276. The van der Waals surface area contributed by atoms with E-state index in [1.807, 2.05) is 0 Å². The van der Waals surface area contributed by atoms with Gasteiger partial charge >= 0.3 is 5.97 Å². The first-order chi connectivity index (χ1) is 11.2. The zero-order chi connectivity index (χ0) is 16.5. The van der Waals surface area contributed by atoms with Crippen LogP contribution in [0.2, 0.25) is 0 Å². The second-order valence-electron chi connectivity index (χ2n) is 6.89. The van der Waals surface area contributed by atoms with Crippen LogP contribution in [0.4, 0.5) is 0 Å². The highest BCUT2D eigenvalue weighted by atomic mass is 32.2. The van der Waals surface area contributed by atoms with Crippen molar-refractivity contribution in [2.75, 3.05) is 11.5 Å². The zero-order valence-corrected chi connectivity index (χ0v) is 15.2. The van der Waals surface area contributed by atoms with Gasteiger partial charge in [-0.2, -0.15) is 11.8 Å². The molecule has 4 heteroatoms. The number of carboxylic acids is 1. The highest BCUT2D eigenvalue weighted by Crippen LogP contribution is 2.46. The summed E-state index contributed by atoms with van der Waals surface area (Å²) < 4.78 is 6.16. The van der Waals surface area contributed by atoms with Crippen LogP contribution >= 0.6 is 11.8 Å². The Bertz CT molecular complexity index is 383. The molecule has 2 fully saturated rings. The van der Waals surface area contributed by atoms with E-state index in [0.717, 1.165) is 25.2 Å². The third-order valence-corrected chi connectivity index (χ3v) is 6.33. The van der Waals surface area contributed by atoms with Gasteiger partial charge in [0.25, 0.3) is 0 Å². The summed E-state index contributed by atoms with van der Waals surface area (Å²) in [5.74, 6) is 3.26. The molecule has 0 aromatic rings. The smallest absolute Gasteiger partial charge is 0.303 e. The first-order valence-electron chi connectivity index (χ1n) is 9.32. The highest BCUT2D eigenvalue weighted by molar-refractivity contribution is 7.99. The molecule has 0 amide bonds. The van der Waals surface area contributed by atoms with Gasteiger partial charge in [0.15, 0.2) is 0 Å². The van der Waals surface area contributed by atoms with Crippen LogP contribution in [0.25, 0.3) is 0 Å². The number of unbranched alkanes of at least 4 members (excludes halogenated alkanes) is 3. The standard InChI is InChI=1S/C19H32O3S/c1-2-3-8-13-23-14-16-15(17-11-12-18(16)22-17)9-6-4-5-7-10-19(20)21/h4,6,15-18H,2-3,5,7-14H2,1H3,(H,20,21)/t15-,16-,17-,18+/m1/s1. The van der Waals surface area contributed by atoms with E-state index in [1.165, 1.54) is 43.6 Å². The number of carbonyl (C=O) groups is 1. The molecule has 1 N–H and O–H groups in total. The van der Waals surface area contributed by atoms with Gasteiger partial charge in [-0.25, -0.2) is 0 Å². The topological polar surface area (TPSA) is 46.5 Å². The first kappa shape index (κ1) is 18.9. The van der Waals surface area contributed by atoms with Crippen molar-refractivity contribution in [1.82, 2.24) is 0 Å². The van der Waals surface area contributed by atoms with Crippen molar-refractivity contribution in [3.63, 3.8) is 0 Å². The number of hydrogen-bond acceptors (Lipinski definition) is 3.